The first-order valence-electron chi connectivity index (χ1n) is 10.7. The number of fused-ring (bicyclic) bond motifs is 3. The number of benzene rings is 1. The van der Waals surface area contributed by atoms with Crippen molar-refractivity contribution >= 4 is 11.9 Å². The fourth-order valence-corrected chi connectivity index (χ4v) is 5.51. The number of nitrogens with zero attached hydrogens (tertiary/aromatic N) is 2. The quantitative estimate of drug-likeness (QED) is 0.667. The maximum atomic E-state index is 13.7. The second-order valence-electron chi connectivity index (χ2n) is 8.74. The summed E-state index contributed by atoms with van der Waals surface area (Å²) >= 11 is 0. The molecule has 1 aromatic carbocycles. The number of hydrogen-bond acceptors (Lipinski definition) is 6. The summed E-state index contributed by atoms with van der Waals surface area (Å²) in [5, 5.41) is 0. The third-order valence-electron chi connectivity index (χ3n) is 7.00. The Morgan fingerprint density at radius 3 is 2.56 bits per heavy atom. The summed E-state index contributed by atoms with van der Waals surface area (Å²) in [6.07, 6.45) is -1.39. The summed E-state index contributed by atoms with van der Waals surface area (Å²) < 4.78 is 55.9. The van der Waals surface area contributed by atoms with E-state index >= 15 is 0 Å². The molecular weight excluding hydrogens is 427 g/mol. The highest BCUT2D eigenvalue weighted by atomic mass is 19.4. The van der Waals surface area contributed by atoms with Gasteiger partial charge >= 0.3 is 6.18 Å². The van der Waals surface area contributed by atoms with Gasteiger partial charge in [-0.1, -0.05) is 6.07 Å². The van der Waals surface area contributed by atoms with Crippen molar-refractivity contribution in [3.8, 4) is 5.75 Å². The Kier molecular flexibility index (Phi) is 5.87. The second kappa shape index (κ2) is 8.22. The molecule has 0 radical (unpaired) electrons. The van der Waals surface area contributed by atoms with Crippen LogP contribution < -0.4 is 10.5 Å². The molecule has 2 N–H and O–H groups in total. The number of rotatable bonds is 6. The van der Waals surface area contributed by atoms with Crippen LogP contribution in [0.15, 0.2) is 23.2 Å². The first kappa shape index (κ1) is 22.8. The molecule has 2 aliphatic carbocycles. The molecule has 4 rings (SSSR count). The molecule has 1 unspecified atom stereocenters. The van der Waals surface area contributed by atoms with E-state index in [0.717, 1.165) is 5.56 Å². The Morgan fingerprint density at radius 2 is 1.94 bits per heavy atom. The minimum absolute atomic E-state index is 0.0541. The van der Waals surface area contributed by atoms with Gasteiger partial charge in [-0.05, 0) is 55.4 Å². The van der Waals surface area contributed by atoms with Crippen LogP contribution in [0, 0.1) is 5.41 Å². The fourth-order valence-electron chi connectivity index (χ4n) is 5.51. The summed E-state index contributed by atoms with van der Waals surface area (Å²) in [5.41, 5.74) is 5.28. The molecule has 0 saturated heterocycles. The van der Waals surface area contributed by atoms with Crippen LogP contribution in [0.25, 0.3) is 0 Å². The van der Waals surface area contributed by atoms with Crippen LogP contribution >= 0.6 is 0 Å². The largest absolute Gasteiger partial charge is 0.491 e. The first-order chi connectivity index (χ1) is 15.2. The van der Waals surface area contributed by atoms with E-state index in [-0.39, 0.29) is 12.1 Å². The standard InChI is InChI=1S/C22H28F3N3O4/c1-30-9-10-32-16-4-3-14-12-20(7-5-15(31-2)6-8-20)22(17(14)11-16)18(29)28(19(26)27-22)13-21(23,24)25/h3-4,11,15H,5-10,12-13H2,1-2H3,(H2,26,27)/t15-,20-,22?. The molecule has 7 nitrogen and oxygen atoms in total. The number of methoxy groups -OCH3 is 2. The van der Waals surface area contributed by atoms with Crippen LogP contribution in [0.3, 0.4) is 0 Å². The van der Waals surface area contributed by atoms with Gasteiger partial charge in [0.15, 0.2) is 11.5 Å². The summed E-state index contributed by atoms with van der Waals surface area (Å²) in [4.78, 5) is 18.8. The zero-order valence-electron chi connectivity index (χ0n) is 18.2. The second-order valence-corrected chi connectivity index (χ2v) is 8.74. The van der Waals surface area contributed by atoms with Gasteiger partial charge in [0.1, 0.15) is 18.9 Å². The Bertz CT molecular complexity index is 912. The molecule has 0 aromatic heterocycles. The SMILES string of the molecule is COCCOc1ccc2c(c1)C1(N=C(N)N(CC(F)(F)F)C1=O)[C@]1(CC[C@H](OC)CC1)C2. The van der Waals surface area contributed by atoms with Gasteiger partial charge in [0, 0.05) is 19.6 Å². The van der Waals surface area contributed by atoms with Crippen molar-refractivity contribution in [1.29, 1.82) is 0 Å². The molecule has 32 heavy (non-hydrogen) atoms. The molecule has 2 spiro atoms. The summed E-state index contributed by atoms with van der Waals surface area (Å²) in [6.45, 7) is -0.768. The average molecular weight is 455 g/mol. The molecule has 1 aliphatic heterocycles. The smallest absolute Gasteiger partial charge is 0.406 e. The van der Waals surface area contributed by atoms with E-state index < -0.39 is 29.6 Å². The van der Waals surface area contributed by atoms with E-state index in [9.17, 15) is 18.0 Å². The highest BCUT2D eigenvalue weighted by molar-refractivity contribution is 6.08. The molecule has 1 atom stereocenters. The lowest BCUT2D eigenvalue weighted by Crippen LogP contribution is -2.53. The number of guanidine groups is 1. The van der Waals surface area contributed by atoms with Crippen LogP contribution in [0.5, 0.6) is 5.75 Å². The Balaban J connectivity index is 1.78. The number of carbonyl (C=O) groups excluding carboxylic acids is 1. The lowest BCUT2D eigenvalue weighted by Gasteiger charge is -2.45. The predicted molar refractivity (Wildman–Crippen MR) is 110 cm³/mol. The summed E-state index contributed by atoms with van der Waals surface area (Å²) in [6, 6.07) is 5.41. The van der Waals surface area contributed by atoms with Crippen LogP contribution in [-0.2, 0) is 26.2 Å². The van der Waals surface area contributed by atoms with Gasteiger partial charge in [-0.15, -0.1) is 0 Å². The third-order valence-corrected chi connectivity index (χ3v) is 7.00. The van der Waals surface area contributed by atoms with Gasteiger partial charge in [0.2, 0.25) is 0 Å². The van der Waals surface area contributed by atoms with Crippen molar-refractivity contribution in [3.63, 3.8) is 0 Å². The monoisotopic (exact) mass is 455 g/mol. The molecule has 1 aromatic rings. The van der Waals surface area contributed by atoms with E-state index in [1.54, 1.807) is 20.3 Å². The number of carbonyl (C=O) groups is 1. The van der Waals surface area contributed by atoms with E-state index in [1.807, 2.05) is 12.1 Å². The predicted octanol–water partition coefficient (Wildman–Crippen LogP) is 2.76. The van der Waals surface area contributed by atoms with Crippen molar-refractivity contribution in [2.75, 3.05) is 34.0 Å². The molecule has 1 heterocycles. The van der Waals surface area contributed by atoms with Gasteiger partial charge in [0.05, 0.1) is 12.7 Å². The first-order valence-corrected chi connectivity index (χ1v) is 10.7. The van der Waals surface area contributed by atoms with Crippen LogP contribution in [0.4, 0.5) is 13.2 Å². The van der Waals surface area contributed by atoms with E-state index in [1.165, 1.54) is 0 Å². The van der Waals surface area contributed by atoms with Crippen LogP contribution in [-0.4, -0.2) is 63.0 Å². The molecule has 3 aliphatic rings. The molecule has 1 saturated carbocycles. The molecule has 176 valence electrons. The maximum Gasteiger partial charge on any atom is 0.406 e. The van der Waals surface area contributed by atoms with Crippen molar-refractivity contribution < 1.29 is 32.2 Å². The minimum Gasteiger partial charge on any atom is -0.491 e. The van der Waals surface area contributed by atoms with Gasteiger partial charge in [-0.3, -0.25) is 9.69 Å². The Labute approximate surface area is 184 Å². The molecule has 0 bridgehead atoms. The van der Waals surface area contributed by atoms with Crippen molar-refractivity contribution in [1.82, 2.24) is 4.90 Å². The van der Waals surface area contributed by atoms with Crippen molar-refractivity contribution in [2.45, 2.75) is 49.9 Å². The molecular formula is C22H28F3N3O4. The Morgan fingerprint density at radius 1 is 1.22 bits per heavy atom. The third kappa shape index (κ3) is 3.63. The minimum atomic E-state index is -4.59. The molecule has 10 heteroatoms. The zero-order valence-corrected chi connectivity index (χ0v) is 18.2. The number of nitrogens with two attached hydrogens (primary N) is 1. The van der Waals surface area contributed by atoms with E-state index in [0.29, 0.717) is 61.5 Å². The number of ether oxygens (including phenoxy) is 3. The normalized spacial score (nSPS) is 29.7. The average Bonchev–Trinajstić information content (AvgIpc) is 3.15. The van der Waals surface area contributed by atoms with E-state index in [2.05, 4.69) is 4.99 Å². The highest BCUT2D eigenvalue weighted by Gasteiger charge is 2.67. The number of alkyl halides is 3. The zero-order chi connectivity index (χ0) is 23.1. The Hall–Kier alpha value is -2.33. The van der Waals surface area contributed by atoms with Crippen LogP contribution in [0.1, 0.15) is 36.8 Å². The molecule has 1 amide bonds. The number of aliphatic imine (C=N–C) groups is 1. The van der Waals surface area contributed by atoms with Gasteiger partial charge in [-0.25, -0.2) is 4.99 Å². The van der Waals surface area contributed by atoms with Gasteiger partial charge < -0.3 is 19.9 Å². The van der Waals surface area contributed by atoms with E-state index in [4.69, 9.17) is 19.9 Å². The maximum absolute atomic E-state index is 13.7. The number of amides is 1. The summed E-state index contributed by atoms with van der Waals surface area (Å²) in [7, 11) is 3.21. The lowest BCUT2D eigenvalue weighted by molar-refractivity contribution is -0.158. The fraction of sp³-hybridized carbons (Fsp3) is 0.636. The lowest BCUT2D eigenvalue weighted by atomic mass is 9.61. The van der Waals surface area contributed by atoms with Crippen molar-refractivity contribution in [3.05, 3.63) is 29.3 Å². The molecule has 1 fully saturated rings. The van der Waals surface area contributed by atoms with Gasteiger partial charge in [0.25, 0.3) is 5.91 Å². The highest BCUT2D eigenvalue weighted by Crippen LogP contribution is 2.62. The number of halogens is 3. The summed E-state index contributed by atoms with van der Waals surface area (Å²) in [5.74, 6) is -0.589. The number of hydrogen-bond donors (Lipinski definition) is 1. The van der Waals surface area contributed by atoms with Gasteiger partial charge in [-0.2, -0.15) is 13.2 Å². The van der Waals surface area contributed by atoms with Crippen molar-refractivity contribution in [2.24, 2.45) is 16.1 Å². The topological polar surface area (TPSA) is 86.4 Å². The van der Waals surface area contributed by atoms with Crippen LogP contribution in [0.2, 0.25) is 0 Å².